The van der Waals surface area contributed by atoms with E-state index in [0.717, 1.165) is 37.4 Å². The average Bonchev–Trinajstić information content (AvgIpc) is 2.67. The summed E-state index contributed by atoms with van der Waals surface area (Å²) in [6.07, 6.45) is 1.83. The zero-order valence-corrected chi connectivity index (χ0v) is 14.7. The third-order valence-electron chi connectivity index (χ3n) is 4.17. The third kappa shape index (κ3) is 5.52. The van der Waals surface area contributed by atoms with Crippen molar-refractivity contribution in [3.63, 3.8) is 0 Å². The van der Waals surface area contributed by atoms with Gasteiger partial charge in [-0.05, 0) is 30.2 Å². The number of nitrogens with one attached hydrogen (secondary N) is 2. The lowest BCUT2D eigenvalue weighted by Crippen LogP contribution is -2.26. The number of benzene rings is 2. The molecule has 0 atom stereocenters. The van der Waals surface area contributed by atoms with E-state index >= 15 is 0 Å². The van der Waals surface area contributed by atoms with Gasteiger partial charge in [-0.3, -0.25) is 4.98 Å². The molecule has 2 aromatic carbocycles. The molecule has 0 saturated carbocycles. The van der Waals surface area contributed by atoms with Crippen molar-refractivity contribution >= 4 is 0 Å². The van der Waals surface area contributed by atoms with Crippen LogP contribution in [0.5, 0.6) is 0 Å². The number of hydrogen-bond acceptors (Lipinski definition) is 3. The fourth-order valence-corrected chi connectivity index (χ4v) is 2.68. The van der Waals surface area contributed by atoms with Crippen molar-refractivity contribution in [1.82, 2.24) is 15.6 Å². The summed E-state index contributed by atoms with van der Waals surface area (Å²) in [7, 11) is 0. The first-order valence-corrected chi connectivity index (χ1v) is 8.78. The molecule has 3 rings (SSSR count). The van der Waals surface area contributed by atoms with E-state index in [1.807, 2.05) is 24.4 Å². The van der Waals surface area contributed by atoms with Gasteiger partial charge in [0, 0.05) is 37.9 Å². The normalized spacial score (nSPS) is 10.8. The lowest BCUT2D eigenvalue weighted by Gasteiger charge is -2.08. The van der Waals surface area contributed by atoms with Crippen LogP contribution in [-0.4, -0.2) is 18.1 Å². The molecular weight excluding hydrogens is 306 g/mol. The SMILES string of the molecule is Cc1ccc(CNCCNCc2ccc(-c3ccccn3)cc2)cc1. The van der Waals surface area contributed by atoms with Gasteiger partial charge in [-0.2, -0.15) is 0 Å². The number of hydrogen-bond donors (Lipinski definition) is 2. The summed E-state index contributed by atoms with van der Waals surface area (Å²) in [6, 6.07) is 23.3. The molecule has 25 heavy (non-hydrogen) atoms. The number of nitrogens with zero attached hydrogens (tertiary/aromatic N) is 1. The van der Waals surface area contributed by atoms with Crippen LogP contribution < -0.4 is 10.6 Å². The van der Waals surface area contributed by atoms with E-state index in [-0.39, 0.29) is 0 Å². The van der Waals surface area contributed by atoms with E-state index < -0.39 is 0 Å². The van der Waals surface area contributed by atoms with Crippen LogP contribution in [0.15, 0.2) is 72.9 Å². The minimum atomic E-state index is 0.884. The Kier molecular flexibility index (Phi) is 6.32. The van der Waals surface area contributed by atoms with E-state index in [9.17, 15) is 0 Å². The Hall–Kier alpha value is -2.49. The molecule has 0 spiro atoms. The smallest absolute Gasteiger partial charge is 0.0701 e. The molecule has 3 nitrogen and oxygen atoms in total. The summed E-state index contributed by atoms with van der Waals surface area (Å²) in [4.78, 5) is 4.38. The van der Waals surface area contributed by atoms with Crippen molar-refractivity contribution < 1.29 is 0 Å². The average molecular weight is 331 g/mol. The van der Waals surface area contributed by atoms with Crippen LogP contribution in [0, 0.1) is 6.92 Å². The summed E-state index contributed by atoms with van der Waals surface area (Å²) in [5.74, 6) is 0. The van der Waals surface area contributed by atoms with Gasteiger partial charge >= 0.3 is 0 Å². The van der Waals surface area contributed by atoms with Gasteiger partial charge in [0.25, 0.3) is 0 Å². The quantitative estimate of drug-likeness (QED) is 0.614. The van der Waals surface area contributed by atoms with Gasteiger partial charge in [0.1, 0.15) is 0 Å². The van der Waals surface area contributed by atoms with Crippen LogP contribution in [0.1, 0.15) is 16.7 Å². The van der Waals surface area contributed by atoms with Gasteiger partial charge in [0.2, 0.25) is 0 Å². The summed E-state index contributed by atoms with van der Waals surface area (Å²) in [6.45, 7) is 5.83. The highest BCUT2D eigenvalue weighted by atomic mass is 14.9. The number of pyridine rings is 1. The molecule has 0 bridgehead atoms. The Labute approximate surface area is 150 Å². The van der Waals surface area contributed by atoms with E-state index in [0.29, 0.717) is 0 Å². The first-order valence-electron chi connectivity index (χ1n) is 8.78. The van der Waals surface area contributed by atoms with Crippen LogP contribution in [-0.2, 0) is 13.1 Å². The lowest BCUT2D eigenvalue weighted by atomic mass is 10.1. The highest BCUT2D eigenvalue weighted by Crippen LogP contribution is 2.16. The van der Waals surface area contributed by atoms with Crippen molar-refractivity contribution in [2.24, 2.45) is 0 Å². The summed E-state index contributed by atoms with van der Waals surface area (Å²) >= 11 is 0. The zero-order valence-electron chi connectivity index (χ0n) is 14.7. The Balaban J connectivity index is 1.35. The molecule has 0 aliphatic heterocycles. The predicted molar refractivity (Wildman–Crippen MR) is 104 cm³/mol. The van der Waals surface area contributed by atoms with Crippen molar-refractivity contribution in [2.75, 3.05) is 13.1 Å². The van der Waals surface area contributed by atoms with Crippen LogP contribution in [0.2, 0.25) is 0 Å². The molecule has 3 heteroatoms. The van der Waals surface area contributed by atoms with Crippen LogP contribution in [0.4, 0.5) is 0 Å². The van der Waals surface area contributed by atoms with Gasteiger partial charge in [0.15, 0.2) is 0 Å². The van der Waals surface area contributed by atoms with Crippen molar-refractivity contribution in [3.8, 4) is 11.3 Å². The van der Waals surface area contributed by atoms with Gasteiger partial charge < -0.3 is 10.6 Å². The van der Waals surface area contributed by atoms with E-state index in [1.165, 1.54) is 16.7 Å². The second kappa shape index (κ2) is 9.11. The van der Waals surface area contributed by atoms with Crippen molar-refractivity contribution in [3.05, 3.63) is 89.6 Å². The van der Waals surface area contributed by atoms with E-state index in [2.05, 4.69) is 71.1 Å². The van der Waals surface area contributed by atoms with Crippen molar-refractivity contribution in [2.45, 2.75) is 20.0 Å². The molecule has 0 radical (unpaired) electrons. The lowest BCUT2D eigenvalue weighted by molar-refractivity contribution is 0.611. The maximum atomic E-state index is 4.38. The molecule has 0 amide bonds. The van der Waals surface area contributed by atoms with Crippen LogP contribution in [0.3, 0.4) is 0 Å². The van der Waals surface area contributed by atoms with Gasteiger partial charge in [0.05, 0.1) is 5.69 Å². The zero-order chi connectivity index (χ0) is 17.3. The van der Waals surface area contributed by atoms with E-state index in [4.69, 9.17) is 0 Å². The Bertz CT molecular complexity index is 750. The minimum Gasteiger partial charge on any atom is -0.311 e. The standard InChI is InChI=1S/C22H25N3/c1-18-5-7-19(8-6-18)16-23-14-15-24-17-20-9-11-21(12-10-20)22-4-2-3-13-25-22/h2-13,23-24H,14-17H2,1H3. The first kappa shape index (κ1) is 17.3. The molecule has 0 fully saturated rings. The summed E-state index contributed by atoms with van der Waals surface area (Å²) < 4.78 is 0. The van der Waals surface area contributed by atoms with Gasteiger partial charge in [-0.1, -0.05) is 60.2 Å². The number of rotatable bonds is 8. The fourth-order valence-electron chi connectivity index (χ4n) is 2.68. The highest BCUT2D eigenvalue weighted by Gasteiger charge is 1.99. The fraction of sp³-hybridized carbons (Fsp3) is 0.227. The summed E-state index contributed by atoms with van der Waals surface area (Å²) in [5.41, 5.74) is 6.10. The monoisotopic (exact) mass is 331 g/mol. The van der Waals surface area contributed by atoms with Gasteiger partial charge in [-0.25, -0.2) is 0 Å². The molecule has 0 aliphatic rings. The second-order valence-electron chi connectivity index (χ2n) is 6.25. The first-order chi connectivity index (χ1) is 12.3. The second-order valence-corrected chi connectivity index (χ2v) is 6.25. The molecule has 1 aromatic heterocycles. The van der Waals surface area contributed by atoms with E-state index in [1.54, 1.807) is 0 Å². The predicted octanol–water partition coefficient (Wildman–Crippen LogP) is 3.94. The van der Waals surface area contributed by atoms with Crippen molar-refractivity contribution in [1.29, 1.82) is 0 Å². The maximum Gasteiger partial charge on any atom is 0.0701 e. The Morgan fingerprint density at radius 2 is 1.32 bits per heavy atom. The van der Waals surface area contributed by atoms with Crippen LogP contribution >= 0.6 is 0 Å². The topological polar surface area (TPSA) is 37.0 Å². The highest BCUT2D eigenvalue weighted by molar-refractivity contribution is 5.58. The largest absolute Gasteiger partial charge is 0.311 e. The molecule has 128 valence electrons. The Morgan fingerprint density at radius 3 is 1.88 bits per heavy atom. The number of aromatic nitrogens is 1. The molecule has 3 aromatic rings. The maximum absolute atomic E-state index is 4.38. The molecule has 1 heterocycles. The third-order valence-corrected chi connectivity index (χ3v) is 4.17. The van der Waals surface area contributed by atoms with Crippen LogP contribution in [0.25, 0.3) is 11.3 Å². The molecule has 2 N–H and O–H groups in total. The molecule has 0 saturated heterocycles. The summed E-state index contributed by atoms with van der Waals surface area (Å²) in [5, 5.41) is 6.95. The number of aryl methyl sites for hydroxylation is 1. The van der Waals surface area contributed by atoms with Gasteiger partial charge in [-0.15, -0.1) is 0 Å². The molecule has 0 aliphatic carbocycles. The molecular formula is C22H25N3. The Morgan fingerprint density at radius 1 is 0.720 bits per heavy atom. The molecule has 0 unspecified atom stereocenters. The minimum absolute atomic E-state index is 0.884.